The molecule has 0 rings (SSSR count). The highest BCUT2D eigenvalue weighted by atomic mass is 32.2. The highest BCUT2D eigenvalue weighted by Gasteiger charge is 2.25. The van der Waals surface area contributed by atoms with Crippen LogP contribution in [0, 0.1) is 0 Å². The molecule has 0 saturated carbocycles. The SMILES string of the molecule is CCCC[C@H](NSN(S)[C@@H](CCC)C(=O)O)C(=O)O. The first-order chi connectivity index (χ1) is 8.93. The molecule has 0 heterocycles. The van der Waals surface area contributed by atoms with E-state index in [0.29, 0.717) is 19.3 Å². The number of nitrogens with one attached hydrogen (secondary N) is 1. The monoisotopic (exact) mass is 310 g/mol. The molecular formula is C11H22N2O4S2. The molecule has 0 spiro atoms. The Bertz CT molecular complexity index is 292. The third-order valence-corrected chi connectivity index (χ3v) is 3.90. The molecule has 0 aromatic rings. The summed E-state index contributed by atoms with van der Waals surface area (Å²) in [5.74, 6) is -1.91. The van der Waals surface area contributed by atoms with Crippen LogP contribution in [0.4, 0.5) is 0 Å². The Morgan fingerprint density at radius 2 is 1.84 bits per heavy atom. The Labute approximate surface area is 123 Å². The van der Waals surface area contributed by atoms with Crippen LogP contribution < -0.4 is 4.72 Å². The van der Waals surface area contributed by atoms with Crippen LogP contribution in [0.3, 0.4) is 0 Å². The zero-order valence-electron chi connectivity index (χ0n) is 11.2. The lowest BCUT2D eigenvalue weighted by atomic mass is 10.1. The molecule has 0 saturated heterocycles. The molecule has 0 aliphatic carbocycles. The van der Waals surface area contributed by atoms with E-state index in [0.717, 1.165) is 25.0 Å². The molecule has 2 atom stereocenters. The molecule has 0 aliphatic rings. The van der Waals surface area contributed by atoms with E-state index in [9.17, 15) is 9.59 Å². The second kappa shape index (κ2) is 10.4. The highest BCUT2D eigenvalue weighted by Crippen LogP contribution is 2.19. The van der Waals surface area contributed by atoms with Crippen molar-refractivity contribution < 1.29 is 19.8 Å². The molecule has 6 nitrogen and oxygen atoms in total. The fourth-order valence-electron chi connectivity index (χ4n) is 1.42. The van der Waals surface area contributed by atoms with Gasteiger partial charge in [0.15, 0.2) is 0 Å². The lowest BCUT2D eigenvalue weighted by Gasteiger charge is -2.23. The van der Waals surface area contributed by atoms with Gasteiger partial charge >= 0.3 is 11.9 Å². The summed E-state index contributed by atoms with van der Waals surface area (Å²) in [6, 6.07) is -1.44. The van der Waals surface area contributed by atoms with Crippen LogP contribution in [-0.2, 0) is 9.59 Å². The number of unbranched alkanes of at least 4 members (excludes halogenated alkanes) is 1. The van der Waals surface area contributed by atoms with Gasteiger partial charge in [0.2, 0.25) is 0 Å². The number of rotatable bonds is 11. The number of hydrogen-bond donors (Lipinski definition) is 4. The van der Waals surface area contributed by atoms with Crippen LogP contribution >= 0.6 is 24.9 Å². The van der Waals surface area contributed by atoms with E-state index in [-0.39, 0.29) is 0 Å². The van der Waals surface area contributed by atoms with Crippen molar-refractivity contribution in [2.24, 2.45) is 0 Å². The Balaban J connectivity index is 4.32. The average molecular weight is 310 g/mol. The number of carboxylic acid groups (broad SMARTS) is 2. The van der Waals surface area contributed by atoms with Crippen molar-refractivity contribution in [1.82, 2.24) is 8.43 Å². The van der Waals surface area contributed by atoms with Gasteiger partial charge in [0.1, 0.15) is 12.1 Å². The summed E-state index contributed by atoms with van der Waals surface area (Å²) in [7, 11) is 0. The Morgan fingerprint density at radius 1 is 1.21 bits per heavy atom. The Kier molecular flexibility index (Phi) is 10.1. The van der Waals surface area contributed by atoms with E-state index < -0.39 is 24.0 Å². The number of hydrogen-bond acceptors (Lipinski definition) is 6. The molecule has 0 unspecified atom stereocenters. The fraction of sp³-hybridized carbons (Fsp3) is 0.818. The smallest absolute Gasteiger partial charge is 0.322 e. The van der Waals surface area contributed by atoms with Crippen molar-refractivity contribution in [3.63, 3.8) is 0 Å². The van der Waals surface area contributed by atoms with Crippen molar-refractivity contribution in [2.45, 2.75) is 58.0 Å². The molecule has 3 N–H and O–H groups in total. The van der Waals surface area contributed by atoms with Gasteiger partial charge in [-0.05, 0) is 12.8 Å². The molecule has 8 heteroatoms. The zero-order chi connectivity index (χ0) is 14.8. The molecule has 0 fully saturated rings. The highest BCUT2D eigenvalue weighted by molar-refractivity contribution is 8.04. The van der Waals surface area contributed by atoms with Crippen LogP contribution in [0.25, 0.3) is 0 Å². The zero-order valence-corrected chi connectivity index (χ0v) is 12.9. The lowest BCUT2D eigenvalue weighted by Crippen LogP contribution is -2.38. The minimum absolute atomic E-state index is 0.459. The van der Waals surface area contributed by atoms with Crippen molar-refractivity contribution in [2.75, 3.05) is 0 Å². The molecular weight excluding hydrogens is 288 g/mol. The number of thiol groups is 1. The van der Waals surface area contributed by atoms with Gasteiger partial charge in [-0.3, -0.25) is 9.59 Å². The normalized spacial score (nSPS) is 14.3. The Morgan fingerprint density at radius 3 is 2.26 bits per heavy atom. The lowest BCUT2D eigenvalue weighted by molar-refractivity contribution is -0.140. The van der Waals surface area contributed by atoms with Crippen molar-refractivity contribution >= 4 is 36.9 Å². The molecule has 0 aliphatic heterocycles. The maximum Gasteiger partial charge on any atom is 0.322 e. The van der Waals surface area contributed by atoms with E-state index in [1.54, 1.807) is 0 Å². The number of carbonyl (C=O) groups is 2. The summed E-state index contributed by atoms with van der Waals surface area (Å²) in [5, 5.41) is 18.1. The molecule has 0 bridgehead atoms. The Hall–Kier alpha value is -0.440. The minimum Gasteiger partial charge on any atom is -0.480 e. The quantitative estimate of drug-likeness (QED) is 0.343. The van der Waals surface area contributed by atoms with E-state index in [2.05, 4.69) is 17.5 Å². The van der Waals surface area contributed by atoms with Gasteiger partial charge in [-0.2, -0.15) is 3.71 Å². The summed E-state index contributed by atoms with van der Waals surface area (Å²) < 4.78 is 4.01. The first-order valence-electron chi connectivity index (χ1n) is 6.30. The van der Waals surface area contributed by atoms with Crippen LogP contribution in [0.1, 0.15) is 46.0 Å². The summed E-state index contributed by atoms with van der Waals surface area (Å²) in [5.41, 5.74) is 0. The molecule has 0 radical (unpaired) electrons. The first-order valence-corrected chi connectivity index (χ1v) is 7.47. The van der Waals surface area contributed by atoms with Crippen LogP contribution in [-0.4, -0.2) is 37.9 Å². The van der Waals surface area contributed by atoms with Crippen molar-refractivity contribution in [3.05, 3.63) is 0 Å². The van der Waals surface area contributed by atoms with Gasteiger partial charge in [0.05, 0.1) is 0 Å². The molecule has 19 heavy (non-hydrogen) atoms. The standard InChI is InChI=1S/C11H22N2O4S2/c1-3-5-7-8(10(14)15)12-19-13(18)9(6-4-2)11(16)17/h8-9,12,18H,3-7H2,1-2H3,(H,14,15)(H,16,17)/t8-,9-/m0/s1. The summed E-state index contributed by atoms with van der Waals surface area (Å²) >= 11 is 5.02. The van der Waals surface area contributed by atoms with Gasteiger partial charge in [-0.1, -0.05) is 45.9 Å². The van der Waals surface area contributed by atoms with E-state index in [1.807, 2.05) is 13.8 Å². The van der Waals surface area contributed by atoms with Gasteiger partial charge < -0.3 is 10.2 Å². The number of aliphatic carboxylic acids is 2. The van der Waals surface area contributed by atoms with Gasteiger partial charge in [0, 0.05) is 12.1 Å². The molecule has 0 amide bonds. The van der Waals surface area contributed by atoms with Crippen LogP contribution in [0.5, 0.6) is 0 Å². The molecule has 112 valence electrons. The fourth-order valence-corrected chi connectivity index (χ4v) is 2.56. The summed E-state index contributed by atoms with van der Waals surface area (Å²) in [6.07, 6.45) is 3.39. The van der Waals surface area contributed by atoms with Crippen molar-refractivity contribution in [3.8, 4) is 0 Å². The summed E-state index contributed by atoms with van der Waals surface area (Å²) in [6.45, 7) is 3.87. The minimum atomic E-state index is -0.966. The predicted molar refractivity (Wildman–Crippen MR) is 78.8 cm³/mol. The van der Waals surface area contributed by atoms with Gasteiger partial charge in [-0.15, -0.1) is 0 Å². The third-order valence-electron chi connectivity index (χ3n) is 2.55. The van der Waals surface area contributed by atoms with Gasteiger partial charge in [-0.25, -0.2) is 4.72 Å². The third kappa shape index (κ3) is 7.66. The first kappa shape index (κ1) is 18.6. The molecule has 0 aromatic carbocycles. The predicted octanol–water partition coefficient (Wildman–Crippen LogP) is 2.18. The van der Waals surface area contributed by atoms with Gasteiger partial charge in [0.25, 0.3) is 0 Å². The maximum atomic E-state index is 11.0. The van der Waals surface area contributed by atoms with E-state index >= 15 is 0 Å². The largest absolute Gasteiger partial charge is 0.480 e. The van der Waals surface area contributed by atoms with E-state index in [1.165, 1.54) is 3.71 Å². The second-order valence-electron chi connectivity index (χ2n) is 4.19. The number of carboxylic acids is 2. The van der Waals surface area contributed by atoms with Crippen LogP contribution in [0.15, 0.2) is 0 Å². The molecule has 0 aromatic heterocycles. The second-order valence-corrected chi connectivity index (χ2v) is 5.70. The maximum absolute atomic E-state index is 11.0. The topological polar surface area (TPSA) is 89.9 Å². The summed E-state index contributed by atoms with van der Waals surface area (Å²) in [4.78, 5) is 22.0. The van der Waals surface area contributed by atoms with E-state index in [4.69, 9.17) is 10.2 Å². The van der Waals surface area contributed by atoms with Crippen molar-refractivity contribution in [1.29, 1.82) is 0 Å². The number of nitrogens with zero attached hydrogens (tertiary/aromatic N) is 1. The van der Waals surface area contributed by atoms with Crippen LogP contribution in [0.2, 0.25) is 0 Å². The average Bonchev–Trinajstić information content (AvgIpc) is 2.34.